The van der Waals surface area contributed by atoms with Crippen LogP contribution >= 0.6 is 0 Å². The molecular weight excluding hydrogens is 380 g/mol. The second-order valence-corrected chi connectivity index (χ2v) is 8.00. The minimum atomic E-state index is -3.60. The van der Waals surface area contributed by atoms with Gasteiger partial charge in [0, 0.05) is 25.4 Å². The van der Waals surface area contributed by atoms with Crippen LogP contribution in [0.1, 0.15) is 25.3 Å². The van der Waals surface area contributed by atoms with E-state index < -0.39 is 10.0 Å². The second kappa shape index (κ2) is 8.97. The summed E-state index contributed by atoms with van der Waals surface area (Å²) in [6.45, 7) is 3.48. The maximum absolute atomic E-state index is 12.4. The summed E-state index contributed by atoms with van der Waals surface area (Å²) in [4.78, 5) is 8.55. The molecule has 2 aromatic rings. The van der Waals surface area contributed by atoms with Crippen LogP contribution in [0.3, 0.4) is 0 Å². The lowest BCUT2D eigenvalue weighted by Crippen LogP contribution is -2.31. The lowest BCUT2D eigenvalue weighted by molar-refractivity contribution is 0.114. The van der Waals surface area contributed by atoms with Crippen molar-refractivity contribution < 1.29 is 13.2 Å². The van der Waals surface area contributed by atoms with E-state index in [1.54, 1.807) is 12.1 Å². The molecular formula is C18H22N6O3S. The van der Waals surface area contributed by atoms with Gasteiger partial charge in [-0.25, -0.2) is 18.1 Å². The first-order valence-electron chi connectivity index (χ1n) is 9.01. The van der Waals surface area contributed by atoms with Gasteiger partial charge in [-0.3, -0.25) is 0 Å². The van der Waals surface area contributed by atoms with Crippen molar-refractivity contribution in [3.05, 3.63) is 36.0 Å². The zero-order chi connectivity index (χ0) is 20.0. The van der Waals surface area contributed by atoms with Gasteiger partial charge in [-0.05, 0) is 44.0 Å². The molecule has 0 aliphatic carbocycles. The minimum Gasteiger partial charge on any atom is -0.377 e. The molecule has 2 heterocycles. The van der Waals surface area contributed by atoms with Gasteiger partial charge in [0.1, 0.15) is 17.5 Å². The normalized spacial score (nSPS) is 16.5. The minimum absolute atomic E-state index is 0.0600. The van der Waals surface area contributed by atoms with Crippen LogP contribution in [0.2, 0.25) is 0 Å². The summed E-state index contributed by atoms with van der Waals surface area (Å²) < 4.78 is 32.8. The third-order valence-corrected chi connectivity index (χ3v) is 5.64. The summed E-state index contributed by atoms with van der Waals surface area (Å²) in [6.07, 6.45) is 3.20. The predicted octanol–water partition coefficient (Wildman–Crippen LogP) is 1.98. The number of ether oxygens (including phenoxy) is 1. The Balaban J connectivity index is 1.67. The Morgan fingerprint density at radius 3 is 2.75 bits per heavy atom. The Hall–Kier alpha value is -2.74. The van der Waals surface area contributed by atoms with E-state index in [1.807, 2.05) is 13.0 Å². The summed E-state index contributed by atoms with van der Waals surface area (Å²) >= 11 is 0. The number of aromatic nitrogens is 2. The molecule has 1 atom stereocenters. The van der Waals surface area contributed by atoms with Crippen LogP contribution in [0.4, 0.5) is 17.5 Å². The standard InChI is InChI=1S/C18H22N6O3S/c1-2-20-17-13(10-19)11-21-18(24-17)23-14-5-7-16(8-6-14)28(25,26)22-12-15-4-3-9-27-15/h5-8,11,15,22H,2-4,9,12H2,1H3,(H2,20,21,23,24). The molecule has 1 aromatic heterocycles. The Labute approximate surface area is 164 Å². The predicted molar refractivity (Wildman–Crippen MR) is 105 cm³/mol. The van der Waals surface area contributed by atoms with Gasteiger partial charge >= 0.3 is 0 Å². The van der Waals surface area contributed by atoms with Gasteiger partial charge in [-0.2, -0.15) is 10.2 Å². The molecule has 0 spiro atoms. The van der Waals surface area contributed by atoms with Crippen molar-refractivity contribution in [3.8, 4) is 6.07 Å². The lowest BCUT2D eigenvalue weighted by atomic mass is 10.2. The monoisotopic (exact) mass is 402 g/mol. The van der Waals surface area contributed by atoms with Gasteiger partial charge < -0.3 is 15.4 Å². The summed E-state index contributed by atoms with van der Waals surface area (Å²) in [5.41, 5.74) is 0.983. The van der Waals surface area contributed by atoms with Gasteiger partial charge in [-0.1, -0.05) is 0 Å². The van der Waals surface area contributed by atoms with Gasteiger partial charge in [0.2, 0.25) is 16.0 Å². The number of hydrogen-bond acceptors (Lipinski definition) is 8. The van der Waals surface area contributed by atoms with E-state index in [4.69, 9.17) is 10.00 Å². The Morgan fingerprint density at radius 2 is 2.11 bits per heavy atom. The SMILES string of the molecule is CCNc1nc(Nc2ccc(S(=O)(=O)NCC3CCCO3)cc2)ncc1C#N. The molecule has 1 aliphatic rings. The summed E-state index contributed by atoms with van der Waals surface area (Å²) in [7, 11) is -3.60. The number of hydrogen-bond donors (Lipinski definition) is 3. The Kier molecular flexibility index (Phi) is 6.41. The van der Waals surface area contributed by atoms with E-state index in [0.29, 0.717) is 36.2 Å². The maximum atomic E-state index is 12.4. The fraction of sp³-hybridized carbons (Fsp3) is 0.389. The molecule has 3 N–H and O–H groups in total. The number of nitriles is 1. The molecule has 3 rings (SSSR count). The first-order valence-corrected chi connectivity index (χ1v) is 10.5. The second-order valence-electron chi connectivity index (χ2n) is 6.23. The zero-order valence-corrected chi connectivity index (χ0v) is 16.3. The topological polar surface area (TPSA) is 129 Å². The van der Waals surface area contributed by atoms with Crippen LogP contribution in [0.15, 0.2) is 35.4 Å². The molecule has 0 saturated carbocycles. The van der Waals surface area contributed by atoms with Crippen molar-refractivity contribution >= 4 is 27.5 Å². The Morgan fingerprint density at radius 1 is 1.32 bits per heavy atom. The number of benzene rings is 1. The maximum Gasteiger partial charge on any atom is 0.240 e. The van der Waals surface area contributed by atoms with Crippen molar-refractivity contribution in [2.24, 2.45) is 0 Å². The third kappa shape index (κ3) is 4.95. The molecule has 0 bridgehead atoms. The van der Waals surface area contributed by atoms with Crippen molar-refractivity contribution in [1.29, 1.82) is 5.26 Å². The lowest BCUT2D eigenvalue weighted by Gasteiger charge is -2.12. The van der Waals surface area contributed by atoms with Crippen LogP contribution in [0.25, 0.3) is 0 Å². The van der Waals surface area contributed by atoms with Gasteiger partial charge in [0.05, 0.1) is 17.2 Å². The van der Waals surface area contributed by atoms with Crippen LogP contribution < -0.4 is 15.4 Å². The third-order valence-electron chi connectivity index (χ3n) is 4.20. The van der Waals surface area contributed by atoms with Crippen LogP contribution in [0.5, 0.6) is 0 Å². The number of nitrogens with one attached hydrogen (secondary N) is 3. The van der Waals surface area contributed by atoms with Crippen LogP contribution in [-0.4, -0.2) is 44.2 Å². The van der Waals surface area contributed by atoms with Crippen LogP contribution in [0, 0.1) is 11.3 Å². The molecule has 1 unspecified atom stereocenters. The highest BCUT2D eigenvalue weighted by molar-refractivity contribution is 7.89. The highest BCUT2D eigenvalue weighted by Gasteiger charge is 2.20. The van der Waals surface area contributed by atoms with Gasteiger partial charge in [-0.15, -0.1) is 0 Å². The van der Waals surface area contributed by atoms with Crippen molar-refractivity contribution in [1.82, 2.24) is 14.7 Å². The smallest absolute Gasteiger partial charge is 0.240 e. The molecule has 1 saturated heterocycles. The molecule has 1 fully saturated rings. The van der Waals surface area contributed by atoms with E-state index in [1.165, 1.54) is 18.3 Å². The molecule has 9 nitrogen and oxygen atoms in total. The van der Waals surface area contributed by atoms with E-state index >= 15 is 0 Å². The summed E-state index contributed by atoms with van der Waals surface area (Å²) in [6, 6.07) is 8.32. The van der Waals surface area contributed by atoms with E-state index in [0.717, 1.165) is 12.8 Å². The fourth-order valence-electron chi connectivity index (χ4n) is 2.76. The highest BCUT2D eigenvalue weighted by Crippen LogP contribution is 2.19. The van der Waals surface area contributed by atoms with Gasteiger partial charge in [0.15, 0.2) is 0 Å². The first-order chi connectivity index (χ1) is 13.5. The molecule has 28 heavy (non-hydrogen) atoms. The van der Waals surface area contributed by atoms with E-state index in [9.17, 15) is 8.42 Å². The van der Waals surface area contributed by atoms with Crippen molar-refractivity contribution in [2.45, 2.75) is 30.8 Å². The average molecular weight is 402 g/mol. The fourth-order valence-corrected chi connectivity index (χ4v) is 3.83. The average Bonchev–Trinajstić information content (AvgIpc) is 3.21. The molecule has 0 amide bonds. The van der Waals surface area contributed by atoms with E-state index in [2.05, 4.69) is 25.3 Å². The van der Waals surface area contributed by atoms with Crippen LogP contribution in [-0.2, 0) is 14.8 Å². The molecule has 0 radical (unpaired) electrons. The zero-order valence-electron chi connectivity index (χ0n) is 15.5. The van der Waals surface area contributed by atoms with E-state index in [-0.39, 0.29) is 17.5 Å². The quantitative estimate of drug-likeness (QED) is 0.611. The number of sulfonamides is 1. The molecule has 1 aliphatic heterocycles. The van der Waals surface area contributed by atoms with Gasteiger partial charge in [0.25, 0.3) is 0 Å². The molecule has 1 aromatic carbocycles. The molecule has 148 valence electrons. The largest absolute Gasteiger partial charge is 0.377 e. The van der Waals surface area contributed by atoms with Crippen molar-refractivity contribution in [3.63, 3.8) is 0 Å². The highest BCUT2D eigenvalue weighted by atomic mass is 32.2. The number of nitrogens with zero attached hydrogens (tertiary/aromatic N) is 3. The summed E-state index contributed by atoms with van der Waals surface area (Å²) in [5, 5.41) is 15.1. The van der Waals surface area contributed by atoms with Crippen molar-refractivity contribution in [2.75, 3.05) is 30.3 Å². The number of rotatable bonds is 8. The molecule has 10 heteroatoms. The summed E-state index contributed by atoms with van der Waals surface area (Å²) in [5.74, 6) is 0.752. The Bertz CT molecular complexity index is 950. The first kappa shape index (κ1) is 20.0. The number of anilines is 3.